The zero-order valence-corrected chi connectivity index (χ0v) is 17.7. The van der Waals surface area contributed by atoms with Crippen molar-refractivity contribution in [2.24, 2.45) is 0 Å². The van der Waals surface area contributed by atoms with Crippen LogP contribution in [0.25, 0.3) is 27.8 Å². The quantitative estimate of drug-likeness (QED) is 0.489. The van der Waals surface area contributed by atoms with Crippen LogP contribution in [0, 0.1) is 6.92 Å². The Morgan fingerprint density at radius 2 is 1.60 bits per heavy atom. The minimum atomic E-state index is -3.29. The summed E-state index contributed by atoms with van der Waals surface area (Å²) in [5.41, 5.74) is 4.20. The third-order valence-corrected chi connectivity index (χ3v) is 6.84. The lowest BCUT2D eigenvalue weighted by atomic mass is 10.0. The first-order valence-electron chi connectivity index (χ1n) is 9.88. The van der Waals surface area contributed by atoms with Crippen LogP contribution >= 0.6 is 0 Å². The Bertz CT molecular complexity index is 1280. The van der Waals surface area contributed by atoms with Gasteiger partial charge in [-0.3, -0.25) is 0 Å². The summed E-state index contributed by atoms with van der Waals surface area (Å²) in [5, 5.41) is 19.9. The van der Waals surface area contributed by atoms with E-state index in [4.69, 9.17) is 0 Å². The maximum Gasteiger partial charge on any atom is 0.178 e. The highest BCUT2D eigenvalue weighted by molar-refractivity contribution is 7.91. The largest absolute Gasteiger partial charge is 0.505 e. The summed E-state index contributed by atoms with van der Waals surface area (Å²) in [6.45, 7) is 3.90. The van der Waals surface area contributed by atoms with E-state index in [0.717, 1.165) is 28.6 Å². The summed E-state index contributed by atoms with van der Waals surface area (Å²) in [7, 11) is -3.29. The molecule has 1 aromatic heterocycles. The second kappa shape index (κ2) is 7.91. The molecule has 6 nitrogen and oxygen atoms in total. The molecule has 0 aliphatic carbocycles. The van der Waals surface area contributed by atoms with Crippen molar-refractivity contribution in [2.75, 3.05) is 5.75 Å². The van der Waals surface area contributed by atoms with Crippen LogP contribution in [0.2, 0.25) is 0 Å². The number of hydrogen-bond donors (Lipinski definition) is 1. The van der Waals surface area contributed by atoms with Crippen molar-refractivity contribution in [3.8, 4) is 22.6 Å². The molecule has 4 aromatic rings. The van der Waals surface area contributed by atoms with E-state index in [1.807, 2.05) is 50.2 Å². The first-order valence-corrected chi connectivity index (χ1v) is 11.5. The lowest BCUT2D eigenvalue weighted by Gasteiger charge is -2.12. The van der Waals surface area contributed by atoms with E-state index < -0.39 is 9.84 Å². The summed E-state index contributed by atoms with van der Waals surface area (Å²) < 4.78 is 24.8. The lowest BCUT2D eigenvalue weighted by molar-refractivity contribution is 0.469. The molecule has 154 valence electrons. The zero-order chi connectivity index (χ0) is 21.3. The molecule has 30 heavy (non-hydrogen) atoms. The second-order valence-electron chi connectivity index (χ2n) is 7.36. The Balaban J connectivity index is 1.75. The van der Waals surface area contributed by atoms with Gasteiger partial charge in [-0.15, -0.1) is 15.0 Å². The van der Waals surface area contributed by atoms with Gasteiger partial charge in [0, 0.05) is 5.56 Å². The van der Waals surface area contributed by atoms with Gasteiger partial charge in [0.1, 0.15) is 16.7 Å². The number of phenols is 1. The predicted molar refractivity (Wildman–Crippen MR) is 118 cm³/mol. The predicted octanol–water partition coefficient (Wildman–Crippen LogP) is 4.68. The van der Waals surface area contributed by atoms with E-state index in [1.165, 1.54) is 4.80 Å². The van der Waals surface area contributed by atoms with Crippen molar-refractivity contribution in [2.45, 2.75) is 31.6 Å². The molecule has 0 aliphatic rings. The van der Waals surface area contributed by atoms with Crippen molar-refractivity contribution in [3.63, 3.8) is 0 Å². The molecule has 0 saturated heterocycles. The van der Waals surface area contributed by atoms with Gasteiger partial charge >= 0.3 is 0 Å². The molecule has 0 radical (unpaired) electrons. The SMILES string of the molecule is CCCCS(=O)(=O)c1ccc(-c2cc(C)cc(-n3nc4ccccc4n3)c2O)cc1. The van der Waals surface area contributed by atoms with E-state index in [9.17, 15) is 13.5 Å². The number of aromatic hydroxyl groups is 1. The molecule has 7 heteroatoms. The van der Waals surface area contributed by atoms with Gasteiger partial charge in [0.2, 0.25) is 0 Å². The Hall–Kier alpha value is -3.19. The van der Waals surface area contributed by atoms with Crippen LogP contribution in [0.15, 0.2) is 65.6 Å². The molecule has 4 rings (SSSR count). The van der Waals surface area contributed by atoms with Gasteiger partial charge in [-0.1, -0.05) is 37.6 Å². The number of nitrogens with zero attached hydrogens (tertiary/aromatic N) is 3. The molecule has 0 atom stereocenters. The van der Waals surface area contributed by atoms with E-state index in [1.54, 1.807) is 24.3 Å². The third-order valence-electron chi connectivity index (χ3n) is 5.03. The minimum Gasteiger partial charge on any atom is -0.505 e. The number of rotatable bonds is 6. The van der Waals surface area contributed by atoms with Gasteiger partial charge in [-0.05, 0) is 60.9 Å². The van der Waals surface area contributed by atoms with Crippen LogP contribution in [0.3, 0.4) is 0 Å². The molecule has 0 fully saturated rings. The second-order valence-corrected chi connectivity index (χ2v) is 9.46. The van der Waals surface area contributed by atoms with E-state index in [-0.39, 0.29) is 11.5 Å². The number of fused-ring (bicyclic) bond motifs is 1. The third kappa shape index (κ3) is 3.80. The molecule has 0 spiro atoms. The molecule has 0 saturated carbocycles. The maximum atomic E-state index is 12.4. The zero-order valence-electron chi connectivity index (χ0n) is 16.9. The minimum absolute atomic E-state index is 0.0440. The number of phenolic OH excluding ortho intramolecular Hbond substituents is 1. The number of unbranched alkanes of at least 4 members (excludes halogenated alkanes) is 1. The van der Waals surface area contributed by atoms with Gasteiger partial charge in [-0.25, -0.2) is 8.42 Å². The van der Waals surface area contributed by atoms with Gasteiger partial charge in [-0.2, -0.15) is 0 Å². The summed E-state index contributed by atoms with van der Waals surface area (Å²) in [6.07, 6.45) is 1.46. The molecule has 0 aliphatic heterocycles. The number of hydrogen-bond acceptors (Lipinski definition) is 5. The first-order chi connectivity index (χ1) is 14.4. The topological polar surface area (TPSA) is 85.1 Å². The average Bonchev–Trinajstić information content (AvgIpc) is 3.18. The molecule has 1 N–H and O–H groups in total. The standard InChI is InChI=1S/C23H23N3O3S/c1-3-4-13-30(28,29)18-11-9-17(10-12-18)19-14-16(2)15-22(23(19)27)26-24-20-7-5-6-8-21(20)25-26/h5-12,14-15,27H,3-4,13H2,1-2H3. The molecular weight excluding hydrogens is 398 g/mol. The summed E-state index contributed by atoms with van der Waals surface area (Å²) in [6, 6.07) is 17.8. The molecule has 0 amide bonds. The highest BCUT2D eigenvalue weighted by Crippen LogP contribution is 2.36. The molecular formula is C23H23N3O3S. The smallest absolute Gasteiger partial charge is 0.178 e. The summed E-state index contributed by atoms with van der Waals surface area (Å²) in [5.74, 6) is 0.184. The van der Waals surface area contributed by atoms with E-state index in [2.05, 4.69) is 10.2 Å². The van der Waals surface area contributed by atoms with E-state index in [0.29, 0.717) is 22.6 Å². The van der Waals surface area contributed by atoms with Gasteiger partial charge in [0.05, 0.1) is 10.6 Å². The fraction of sp³-hybridized carbons (Fsp3) is 0.217. The molecule has 3 aromatic carbocycles. The Kier molecular flexibility index (Phi) is 5.30. The molecule has 0 bridgehead atoms. The Labute approximate surface area is 175 Å². The normalized spacial score (nSPS) is 11.8. The maximum absolute atomic E-state index is 12.4. The van der Waals surface area contributed by atoms with Crippen molar-refractivity contribution in [1.29, 1.82) is 0 Å². The Morgan fingerprint density at radius 1 is 0.967 bits per heavy atom. The fourth-order valence-electron chi connectivity index (χ4n) is 3.39. The number of benzene rings is 3. The van der Waals surface area contributed by atoms with Gasteiger partial charge in [0.15, 0.2) is 15.6 Å². The van der Waals surface area contributed by atoms with Crippen molar-refractivity contribution >= 4 is 20.9 Å². The van der Waals surface area contributed by atoms with Crippen LogP contribution in [-0.4, -0.2) is 34.3 Å². The number of aromatic nitrogens is 3. The highest BCUT2D eigenvalue weighted by Gasteiger charge is 2.17. The van der Waals surface area contributed by atoms with Crippen molar-refractivity contribution in [1.82, 2.24) is 15.0 Å². The van der Waals surface area contributed by atoms with E-state index >= 15 is 0 Å². The summed E-state index contributed by atoms with van der Waals surface area (Å²) in [4.78, 5) is 1.73. The molecule has 0 unspecified atom stereocenters. The van der Waals surface area contributed by atoms with Gasteiger partial charge in [0.25, 0.3) is 0 Å². The lowest BCUT2D eigenvalue weighted by Crippen LogP contribution is -2.06. The fourth-order valence-corrected chi connectivity index (χ4v) is 4.85. The highest BCUT2D eigenvalue weighted by atomic mass is 32.2. The molecule has 1 heterocycles. The first kappa shape index (κ1) is 20.1. The average molecular weight is 422 g/mol. The monoisotopic (exact) mass is 421 g/mol. The van der Waals surface area contributed by atoms with Crippen LogP contribution in [0.5, 0.6) is 5.75 Å². The Morgan fingerprint density at radius 3 is 2.20 bits per heavy atom. The number of aryl methyl sites for hydroxylation is 1. The van der Waals surface area contributed by atoms with Gasteiger partial charge < -0.3 is 5.11 Å². The van der Waals surface area contributed by atoms with Crippen molar-refractivity contribution in [3.05, 3.63) is 66.2 Å². The van der Waals surface area contributed by atoms with Crippen molar-refractivity contribution < 1.29 is 13.5 Å². The van der Waals surface area contributed by atoms with Crippen LogP contribution in [0.1, 0.15) is 25.3 Å². The van der Waals surface area contributed by atoms with Crippen LogP contribution in [-0.2, 0) is 9.84 Å². The summed E-state index contributed by atoms with van der Waals surface area (Å²) >= 11 is 0. The van der Waals surface area contributed by atoms with Crippen LogP contribution < -0.4 is 0 Å². The number of sulfone groups is 1. The van der Waals surface area contributed by atoms with Crippen LogP contribution in [0.4, 0.5) is 0 Å².